The van der Waals surface area contributed by atoms with Gasteiger partial charge in [-0.3, -0.25) is 4.79 Å². The van der Waals surface area contributed by atoms with E-state index in [1.807, 2.05) is 0 Å². The molecule has 8 atom stereocenters. The zero-order valence-electron chi connectivity index (χ0n) is 17.7. The highest BCUT2D eigenvalue weighted by Gasteiger charge is 2.69. The van der Waals surface area contributed by atoms with E-state index in [-0.39, 0.29) is 28.8 Å². The van der Waals surface area contributed by atoms with Gasteiger partial charge in [-0.15, -0.1) is 0 Å². The molecule has 0 bridgehead atoms. The number of aliphatic hydroxyl groups excluding tert-OH is 1. The predicted molar refractivity (Wildman–Crippen MR) is 107 cm³/mol. The number of rotatable bonds is 3. The number of cyclic esters (lactones) is 1. The highest BCUT2D eigenvalue weighted by Crippen LogP contribution is 2.70. The van der Waals surface area contributed by atoms with Crippen LogP contribution in [-0.2, 0) is 19.1 Å². The first-order valence-corrected chi connectivity index (χ1v) is 11.5. The Labute approximate surface area is 173 Å². The van der Waals surface area contributed by atoms with E-state index in [1.165, 1.54) is 0 Å². The molecule has 0 aromatic carbocycles. The molecule has 5 heteroatoms. The SMILES string of the molecule is C[C@]12CC[C@H](O)C[C@H]1CC[C@@H]1[C@@H]2CC[C@]2(C)[C@@H](C3=CC(=O)OC3)CC[C@]12OC=O. The molecule has 0 saturated heterocycles. The Morgan fingerprint density at radius 3 is 2.66 bits per heavy atom. The Bertz CT molecular complexity index is 746. The van der Waals surface area contributed by atoms with E-state index >= 15 is 0 Å². The zero-order chi connectivity index (χ0) is 20.4. The molecule has 4 aliphatic carbocycles. The van der Waals surface area contributed by atoms with E-state index in [0.29, 0.717) is 30.8 Å². The third-order valence-electron chi connectivity index (χ3n) is 10.2. The number of ether oxygens (including phenoxy) is 2. The van der Waals surface area contributed by atoms with Crippen LogP contribution in [-0.4, -0.2) is 35.9 Å². The minimum absolute atomic E-state index is 0.147. The van der Waals surface area contributed by atoms with E-state index in [4.69, 9.17) is 9.47 Å². The standard InChI is InChI=1S/C24H34O5/c1-22-8-5-17(26)12-16(22)3-4-20-19(22)6-9-23(2)18(15-11-21(27)28-13-15)7-10-24(20,23)29-14-25/h11,14,16-20,26H,3-10,12-13H2,1-2H3/t16-,17+,18-,19+,20-,22+,23-,24+/m1/s1. The summed E-state index contributed by atoms with van der Waals surface area (Å²) in [6.07, 6.45) is 10.6. The number of aliphatic hydroxyl groups is 1. The summed E-state index contributed by atoms with van der Waals surface area (Å²) in [6.45, 7) is 5.82. The summed E-state index contributed by atoms with van der Waals surface area (Å²) < 4.78 is 11.4. The van der Waals surface area contributed by atoms with Gasteiger partial charge in [0.05, 0.1) is 6.10 Å². The Kier molecular flexibility index (Phi) is 4.44. The predicted octanol–water partition coefficient (Wildman–Crippen LogP) is 3.79. The van der Waals surface area contributed by atoms with Gasteiger partial charge in [0.15, 0.2) is 0 Å². The van der Waals surface area contributed by atoms with Gasteiger partial charge < -0.3 is 14.6 Å². The Morgan fingerprint density at radius 2 is 1.93 bits per heavy atom. The molecule has 0 radical (unpaired) electrons. The lowest BCUT2D eigenvalue weighted by Gasteiger charge is -2.64. The van der Waals surface area contributed by atoms with Gasteiger partial charge in [0.25, 0.3) is 6.47 Å². The van der Waals surface area contributed by atoms with Crippen molar-refractivity contribution >= 4 is 12.4 Å². The molecule has 4 saturated carbocycles. The maximum Gasteiger partial charge on any atom is 0.331 e. The molecule has 1 N–H and O–H groups in total. The molecular weight excluding hydrogens is 368 g/mol. The van der Waals surface area contributed by atoms with Crippen LogP contribution in [0.4, 0.5) is 0 Å². The average molecular weight is 403 g/mol. The van der Waals surface area contributed by atoms with Gasteiger partial charge in [0.2, 0.25) is 0 Å². The Morgan fingerprint density at radius 1 is 1.10 bits per heavy atom. The van der Waals surface area contributed by atoms with Crippen molar-refractivity contribution in [2.24, 2.45) is 34.5 Å². The van der Waals surface area contributed by atoms with Crippen molar-refractivity contribution < 1.29 is 24.2 Å². The van der Waals surface area contributed by atoms with Gasteiger partial charge >= 0.3 is 5.97 Å². The molecule has 0 unspecified atom stereocenters. The normalized spacial score (nSPS) is 51.3. The minimum atomic E-state index is -0.446. The summed E-state index contributed by atoms with van der Waals surface area (Å²) in [7, 11) is 0. The Hall–Kier alpha value is -1.36. The summed E-state index contributed by atoms with van der Waals surface area (Å²) in [6, 6.07) is 0. The van der Waals surface area contributed by atoms with Crippen LogP contribution in [0.15, 0.2) is 11.6 Å². The molecular formula is C24H34O5. The van der Waals surface area contributed by atoms with Gasteiger partial charge in [0.1, 0.15) is 12.2 Å². The lowest BCUT2D eigenvalue weighted by molar-refractivity contribution is -0.221. The van der Waals surface area contributed by atoms with Crippen LogP contribution < -0.4 is 0 Å². The quantitative estimate of drug-likeness (QED) is 0.574. The molecule has 5 rings (SSSR count). The summed E-state index contributed by atoms with van der Waals surface area (Å²) >= 11 is 0. The molecule has 1 aliphatic heterocycles. The minimum Gasteiger partial charge on any atom is -0.460 e. The van der Waals surface area contributed by atoms with Gasteiger partial charge in [-0.1, -0.05) is 13.8 Å². The number of esters is 1. The number of fused-ring (bicyclic) bond motifs is 5. The van der Waals surface area contributed by atoms with Gasteiger partial charge in [0, 0.05) is 17.4 Å². The molecule has 5 nitrogen and oxygen atoms in total. The maximum absolute atomic E-state index is 11.8. The van der Waals surface area contributed by atoms with E-state index in [1.54, 1.807) is 6.08 Å². The molecule has 4 fully saturated rings. The largest absolute Gasteiger partial charge is 0.460 e. The number of hydrogen-bond acceptors (Lipinski definition) is 5. The maximum atomic E-state index is 11.8. The molecule has 0 spiro atoms. The Balaban J connectivity index is 1.52. The number of hydrogen-bond donors (Lipinski definition) is 1. The molecule has 29 heavy (non-hydrogen) atoms. The first kappa shape index (κ1) is 19.6. The van der Waals surface area contributed by atoms with E-state index in [2.05, 4.69) is 13.8 Å². The lowest BCUT2D eigenvalue weighted by Crippen LogP contribution is -2.63. The monoisotopic (exact) mass is 402 g/mol. The third kappa shape index (κ3) is 2.55. The van der Waals surface area contributed by atoms with Crippen molar-refractivity contribution in [3.63, 3.8) is 0 Å². The van der Waals surface area contributed by atoms with Crippen LogP contribution in [0, 0.1) is 34.5 Å². The fourth-order valence-electron chi connectivity index (χ4n) is 8.72. The first-order chi connectivity index (χ1) is 13.8. The van der Waals surface area contributed by atoms with Crippen molar-refractivity contribution in [3.8, 4) is 0 Å². The van der Waals surface area contributed by atoms with E-state index < -0.39 is 5.60 Å². The van der Waals surface area contributed by atoms with Crippen LogP contribution >= 0.6 is 0 Å². The lowest BCUT2D eigenvalue weighted by atomic mass is 9.43. The van der Waals surface area contributed by atoms with Crippen LogP contribution in [0.2, 0.25) is 0 Å². The van der Waals surface area contributed by atoms with Crippen molar-refractivity contribution in [3.05, 3.63) is 11.6 Å². The highest BCUT2D eigenvalue weighted by molar-refractivity contribution is 5.85. The van der Waals surface area contributed by atoms with Crippen LogP contribution in [0.3, 0.4) is 0 Å². The van der Waals surface area contributed by atoms with Crippen LogP contribution in [0.25, 0.3) is 0 Å². The average Bonchev–Trinajstić information content (AvgIpc) is 3.23. The molecule has 1 heterocycles. The van der Waals surface area contributed by atoms with Crippen LogP contribution in [0.1, 0.15) is 71.6 Å². The zero-order valence-corrected chi connectivity index (χ0v) is 17.7. The molecule has 0 aromatic rings. The number of carbonyl (C=O) groups excluding carboxylic acids is 2. The van der Waals surface area contributed by atoms with Gasteiger partial charge in [-0.05, 0) is 86.5 Å². The second-order valence-corrected chi connectivity index (χ2v) is 10.9. The van der Waals surface area contributed by atoms with E-state index in [0.717, 1.165) is 63.4 Å². The van der Waals surface area contributed by atoms with Crippen molar-refractivity contribution in [1.29, 1.82) is 0 Å². The number of carbonyl (C=O) groups is 2. The molecule has 5 aliphatic rings. The second kappa shape index (κ2) is 6.57. The van der Waals surface area contributed by atoms with Gasteiger partial charge in [-0.25, -0.2) is 4.79 Å². The summed E-state index contributed by atoms with van der Waals surface area (Å²) in [4.78, 5) is 23.5. The molecule has 0 amide bonds. The third-order valence-corrected chi connectivity index (χ3v) is 10.2. The van der Waals surface area contributed by atoms with Crippen LogP contribution in [0.5, 0.6) is 0 Å². The highest BCUT2D eigenvalue weighted by atomic mass is 16.5. The van der Waals surface area contributed by atoms with Crippen molar-refractivity contribution in [1.82, 2.24) is 0 Å². The molecule has 0 aromatic heterocycles. The van der Waals surface area contributed by atoms with Crippen molar-refractivity contribution in [2.45, 2.75) is 83.3 Å². The fraction of sp³-hybridized carbons (Fsp3) is 0.833. The summed E-state index contributed by atoms with van der Waals surface area (Å²) in [5.74, 6) is 1.49. The fourth-order valence-corrected chi connectivity index (χ4v) is 8.72. The second-order valence-electron chi connectivity index (χ2n) is 10.9. The summed E-state index contributed by atoms with van der Waals surface area (Å²) in [5.41, 5.74) is 0.727. The topological polar surface area (TPSA) is 72.8 Å². The first-order valence-electron chi connectivity index (χ1n) is 11.5. The van der Waals surface area contributed by atoms with Gasteiger partial charge in [-0.2, -0.15) is 0 Å². The van der Waals surface area contributed by atoms with Crippen molar-refractivity contribution in [2.75, 3.05) is 6.61 Å². The summed E-state index contributed by atoms with van der Waals surface area (Å²) in [5, 5.41) is 10.2. The smallest absolute Gasteiger partial charge is 0.331 e. The molecule has 160 valence electrons. The van der Waals surface area contributed by atoms with E-state index in [9.17, 15) is 14.7 Å².